The number of sulfonamides is 4. The third-order valence-corrected chi connectivity index (χ3v) is 36.3. The summed E-state index contributed by atoms with van der Waals surface area (Å²) in [4.78, 5) is 56.4. The first-order valence-corrected chi connectivity index (χ1v) is 57.7. The van der Waals surface area contributed by atoms with E-state index in [0.29, 0.717) is 99.2 Å². The summed E-state index contributed by atoms with van der Waals surface area (Å²) >= 11 is 0. The molecule has 1 saturated carbocycles. The molecule has 40 heteroatoms. The molecule has 7 aliphatic heterocycles. The normalized spacial score (nSPS) is 18.7. The lowest BCUT2D eigenvalue weighted by Gasteiger charge is -2.34. The van der Waals surface area contributed by atoms with Crippen molar-refractivity contribution in [3.05, 3.63) is 241 Å². The van der Waals surface area contributed by atoms with Gasteiger partial charge in [0.2, 0.25) is 63.9 Å². The molecular formula is C109H142N28O8S4. The summed E-state index contributed by atoms with van der Waals surface area (Å²) in [5.74, 6) is 4.35. The Kier molecular flexibility index (Phi) is 35.2. The Labute approximate surface area is 879 Å². The zero-order valence-corrected chi connectivity index (χ0v) is 90.5. The van der Waals surface area contributed by atoms with E-state index < -0.39 is 40.1 Å². The predicted molar refractivity (Wildman–Crippen MR) is 599 cm³/mol. The zero-order valence-electron chi connectivity index (χ0n) is 87.2. The average Bonchev–Trinajstić information content (AvgIpc) is 1.75. The SMILES string of the molecule is Cc1cnc(Nc2ccc(N3CCN(C)CC3)cc2)nc1Nc1cccc(S(=O)(=O)N2C(C)CCC2C)c1.Cc1cnc(Nc2ccc(N3CCN(C)CC3)cc2)nc1Nc1cccc(S(=O)(=O)N2CCCC2)c1.Cc1cnc(Nc2ccc(N3CCN(C)CC3)cc2)nc1Nc1cccc(S(=O)(=O)N2CCCCC2C)c1.Cc1cnc(Nc2ccc(N3CCN(C)CC3)cc2)nc1Nc1cccc(S(=O)(=O)NC2CCCC2)c1. The molecule has 7 saturated heterocycles. The van der Waals surface area contributed by atoms with Gasteiger partial charge in [0.1, 0.15) is 23.3 Å². The van der Waals surface area contributed by atoms with Gasteiger partial charge in [-0.1, -0.05) is 43.5 Å². The molecule has 0 bridgehead atoms. The summed E-state index contributed by atoms with van der Waals surface area (Å²) in [5.41, 5.74) is 14.5. The van der Waals surface area contributed by atoms with Crippen LogP contribution in [-0.4, -0.2) is 283 Å². The zero-order chi connectivity index (χ0) is 105. The Morgan fingerprint density at radius 1 is 0.268 bits per heavy atom. The van der Waals surface area contributed by atoms with Crippen molar-refractivity contribution in [1.29, 1.82) is 0 Å². The van der Waals surface area contributed by atoms with Gasteiger partial charge in [0.25, 0.3) is 0 Å². The molecule has 790 valence electrons. The highest BCUT2D eigenvalue weighted by atomic mass is 32.2. The molecule has 36 nitrogen and oxygen atoms in total. The minimum Gasteiger partial charge on any atom is -0.369 e. The largest absolute Gasteiger partial charge is 0.369 e. The number of aromatic nitrogens is 8. The van der Waals surface area contributed by atoms with Gasteiger partial charge in [-0.25, -0.2) is 58.3 Å². The lowest BCUT2D eigenvalue weighted by molar-refractivity contribution is 0.268. The summed E-state index contributed by atoms with van der Waals surface area (Å²) in [6.45, 7) is 32.1. The second-order valence-electron chi connectivity index (χ2n) is 40.1. The fraction of sp³-hybridized carbons (Fsp3) is 0.413. The van der Waals surface area contributed by atoms with E-state index in [2.05, 4.69) is 203 Å². The number of hydrogen-bond acceptors (Lipinski definition) is 32. The fourth-order valence-corrected chi connectivity index (χ4v) is 26.1. The number of piperidine rings is 1. The van der Waals surface area contributed by atoms with E-state index in [1.54, 1.807) is 110 Å². The first kappa shape index (κ1) is 107. The van der Waals surface area contributed by atoms with Gasteiger partial charge in [-0.3, -0.25) is 0 Å². The maximum atomic E-state index is 13.4. The number of nitrogens with zero attached hydrogens (tertiary/aromatic N) is 19. The quantitative estimate of drug-likeness (QED) is 0.0210. The van der Waals surface area contributed by atoms with Crippen molar-refractivity contribution in [2.45, 2.75) is 163 Å². The topological polar surface area (TPSA) is 384 Å². The number of rotatable bonds is 29. The Hall–Kier alpha value is -12.8. The Balaban J connectivity index is 0.000000135. The van der Waals surface area contributed by atoms with Crippen LogP contribution in [0.25, 0.3) is 0 Å². The van der Waals surface area contributed by atoms with Crippen LogP contribution >= 0.6 is 0 Å². The van der Waals surface area contributed by atoms with E-state index in [1.807, 2.05) is 121 Å². The van der Waals surface area contributed by atoms with Crippen LogP contribution in [0.5, 0.6) is 0 Å². The molecule has 4 aromatic heterocycles. The summed E-state index contributed by atoms with van der Waals surface area (Å²) in [7, 11) is -5.58. The van der Waals surface area contributed by atoms with Crippen LogP contribution in [-0.2, 0) is 40.1 Å². The van der Waals surface area contributed by atoms with Crippen molar-refractivity contribution in [1.82, 2.24) is 77.1 Å². The van der Waals surface area contributed by atoms with Crippen molar-refractivity contribution >= 4 is 155 Å². The Morgan fingerprint density at radius 2 is 0.544 bits per heavy atom. The molecule has 8 fully saturated rings. The molecule has 1 aliphatic carbocycles. The molecule has 12 aromatic rings. The standard InChI is InChI=1S/2C28H37N7O2S.C27H35N7O2S.C26H33N7O2S/c1-20-19-29-28(31-23-10-12-25(13-11-23)34-16-14-33(4)15-17-34)32-27(20)30-24-6-5-7-26(18-24)38(36,37)35-21(2)8-9-22(35)3;1-21-20-29-28(31-23-10-12-25(13-11-23)34-17-15-33(3)16-18-34)32-27(21)30-24-8-6-9-26(19-24)38(36,37)35-14-5-4-7-22(35)2;1-20-19-28-27(30-21-10-12-24(13-11-21)34-16-14-33(2)15-17-34)31-26(20)29-23-8-5-9-25(18-23)37(35,36)32-22-6-3-4-7-22;1-20-19-27-26(29-21-8-10-23(11-9-21)32-16-14-31(2)15-17-32)30-25(20)28-22-6-5-7-24(18-22)36(34,35)33-12-3-4-13-33/h5-7,10-13,18-19,21-22H,8-9,14-17H2,1-4H3,(H2,29,30,31,32);6,8-13,19-20,22H,4-5,7,14-18H2,1-3H3,(H2,29,30,31,32);5,8-13,18-19,22,32H,3-4,6-7,14-17H2,1-2H3,(H2,28,29,30,31);5-11,18-19H,3-4,12-17H2,1-2H3,(H2,27,28,29,30). The van der Waals surface area contributed by atoms with Crippen LogP contribution in [0.4, 0.5) is 115 Å². The van der Waals surface area contributed by atoms with Crippen LogP contribution in [0.3, 0.4) is 0 Å². The Morgan fingerprint density at radius 3 is 0.852 bits per heavy atom. The molecule has 3 atom stereocenters. The number of anilines is 20. The minimum atomic E-state index is -3.58. The highest BCUT2D eigenvalue weighted by Gasteiger charge is 2.39. The van der Waals surface area contributed by atoms with Gasteiger partial charge < -0.3 is 81.7 Å². The summed E-state index contributed by atoms with van der Waals surface area (Å²) in [6, 6.07) is 61.0. The smallest absolute Gasteiger partial charge is 0.243 e. The van der Waals surface area contributed by atoms with Gasteiger partial charge >= 0.3 is 0 Å². The number of piperazine rings is 4. The van der Waals surface area contributed by atoms with Crippen LogP contribution in [0.2, 0.25) is 0 Å². The highest BCUT2D eigenvalue weighted by molar-refractivity contribution is 7.90. The molecule has 149 heavy (non-hydrogen) atoms. The molecule has 0 radical (unpaired) electrons. The molecule has 8 aliphatic rings. The van der Waals surface area contributed by atoms with E-state index >= 15 is 0 Å². The first-order chi connectivity index (χ1) is 71.7. The molecular weight excluding hydrogens is 1960 g/mol. The Bertz CT molecular complexity index is 7000. The van der Waals surface area contributed by atoms with Crippen LogP contribution < -0.4 is 66.9 Å². The number of aryl methyl sites for hydroxylation is 4. The number of benzene rings is 8. The van der Waals surface area contributed by atoms with Crippen molar-refractivity contribution in [3.63, 3.8) is 0 Å². The van der Waals surface area contributed by atoms with E-state index in [1.165, 1.54) is 22.7 Å². The lowest BCUT2D eigenvalue weighted by Crippen LogP contribution is -2.44. The van der Waals surface area contributed by atoms with Crippen molar-refractivity contribution in [3.8, 4) is 0 Å². The van der Waals surface area contributed by atoms with Gasteiger partial charge in [-0.05, 0) is 298 Å². The first-order valence-electron chi connectivity index (χ1n) is 51.9. The van der Waals surface area contributed by atoms with Crippen LogP contribution in [0.15, 0.2) is 238 Å². The van der Waals surface area contributed by atoms with Crippen LogP contribution in [0, 0.1) is 27.7 Å². The number of hydrogen-bond donors (Lipinski definition) is 9. The van der Waals surface area contributed by atoms with Gasteiger partial charge in [0.15, 0.2) is 0 Å². The van der Waals surface area contributed by atoms with E-state index in [0.717, 1.165) is 220 Å². The molecule has 11 heterocycles. The lowest BCUT2D eigenvalue weighted by atomic mass is 10.1. The molecule has 3 unspecified atom stereocenters. The average molecular weight is 2100 g/mol. The monoisotopic (exact) mass is 2100 g/mol. The van der Waals surface area contributed by atoms with Crippen molar-refractivity contribution < 1.29 is 33.7 Å². The highest BCUT2D eigenvalue weighted by Crippen LogP contribution is 2.38. The second kappa shape index (κ2) is 48.8. The molecule has 20 rings (SSSR count). The molecule has 0 amide bonds. The summed E-state index contributed by atoms with van der Waals surface area (Å²) < 4.78 is 113. The van der Waals surface area contributed by atoms with Crippen LogP contribution in [0.1, 0.15) is 114 Å². The number of nitrogens with one attached hydrogen (secondary N) is 9. The van der Waals surface area contributed by atoms with Crippen molar-refractivity contribution in [2.24, 2.45) is 0 Å². The predicted octanol–water partition coefficient (Wildman–Crippen LogP) is 17.2. The van der Waals surface area contributed by atoms with Crippen molar-refractivity contribution in [2.75, 3.05) is 215 Å². The third-order valence-electron chi connectivity index (χ3n) is 28.7. The maximum Gasteiger partial charge on any atom is 0.243 e. The maximum absolute atomic E-state index is 13.4. The van der Waals surface area contributed by atoms with E-state index in [-0.39, 0.29) is 34.0 Å². The van der Waals surface area contributed by atoms with Gasteiger partial charge in [0, 0.05) is 264 Å². The van der Waals surface area contributed by atoms with Gasteiger partial charge in [-0.15, -0.1) is 0 Å². The number of likely N-dealkylation sites (N-methyl/N-ethyl adjacent to an activating group) is 4. The molecule has 8 aromatic carbocycles. The molecule has 0 spiro atoms. The van der Waals surface area contributed by atoms with E-state index in [4.69, 9.17) is 0 Å². The van der Waals surface area contributed by atoms with Gasteiger partial charge in [-0.2, -0.15) is 32.9 Å². The van der Waals surface area contributed by atoms with E-state index in [9.17, 15) is 33.7 Å². The minimum absolute atomic E-state index is 0.0000190. The summed E-state index contributed by atoms with van der Waals surface area (Å²) in [5, 5.41) is 26.3. The summed E-state index contributed by atoms with van der Waals surface area (Å²) in [6.07, 6.45) is 17.4. The second-order valence-corrected chi connectivity index (χ2v) is 47.5. The molecule has 9 N–H and O–H groups in total. The van der Waals surface area contributed by atoms with Gasteiger partial charge in [0.05, 0.1) is 19.6 Å². The third kappa shape index (κ3) is 28.1. The fourth-order valence-electron chi connectivity index (χ4n) is 19.5.